The van der Waals surface area contributed by atoms with Crippen LogP contribution in [0.2, 0.25) is 0 Å². The quantitative estimate of drug-likeness (QED) is 0.861. The van der Waals surface area contributed by atoms with E-state index in [2.05, 4.69) is 10.3 Å². The number of nitrogens with one attached hydrogen (secondary N) is 1. The molecule has 96 valence electrons. The van der Waals surface area contributed by atoms with Crippen molar-refractivity contribution in [2.24, 2.45) is 5.92 Å². The van der Waals surface area contributed by atoms with Gasteiger partial charge in [0.15, 0.2) is 10.9 Å². The van der Waals surface area contributed by atoms with Crippen LogP contribution in [-0.4, -0.2) is 27.8 Å². The van der Waals surface area contributed by atoms with E-state index >= 15 is 0 Å². The molecule has 0 saturated heterocycles. The molecule has 1 unspecified atom stereocenters. The lowest BCUT2D eigenvalue weighted by Crippen LogP contribution is -2.25. The second-order valence-electron chi connectivity index (χ2n) is 4.06. The maximum Gasteiger partial charge on any atom is 0.307 e. The van der Waals surface area contributed by atoms with Gasteiger partial charge in [0.2, 0.25) is 5.91 Å². The van der Waals surface area contributed by atoms with E-state index in [-0.39, 0.29) is 24.5 Å². The van der Waals surface area contributed by atoms with E-state index in [1.807, 2.05) is 0 Å². The van der Waals surface area contributed by atoms with E-state index in [1.165, 1.54) is 0 Å². The summed E-state index contributed by atoms with van der Waals surface area (Å²) in [6.45, 7) is 1.72. The predicted octanol–water partition coefficient (Wildman–Crippen LogP) is 1.32. The number of carboxylic acid groups (broad SMARTS) is 1. The van der Waals surface area contributed by atoms with Gasteiger partial charge in [-0.25, -0.2) is 4.98 Å². The normalized spacial score (nSPS) is 18.3. The van der Waals surface area contributed by atoms with Gasteiger partial charge in [0.1, 0.15) is 0 Å². The molecule has 0 radical (unpaired) electrons. The Kier molecular flexibility index (Phi) is 3.42. The van der Waals surface area contributed by atoms with Gasteiger partial charge in [-0.1, -0.05) is 18.3 Å². The molecule has 2 N–H and O–H groups in total. The van der Waals surface area contributed by atoms with E-state index < -0.39 is 11.9 Å². The minimum absolute atomic E-state index is 0.00565. The number of fused-ring (bicyclic) bond motifs is 1. The first kappa shape index (κ1) is 12.7. The molecule has 0 bridgehead atoms. The highest BCUT2D eigenvalue weighted by Gasteiger charge is 2.32. The fourth-order valence-electron chi connectivity index (χ4n) is 1.77. The molecule has 1 amide bonds. The van der Waals surface area contributed by atoms with Gasteiger partial charge in [-0.15, -0.1) is 0 Å². The average Bonchev–Trinajstić information content (AvgIpc) is 2.71. The molecule has 18 heavy (non-hydrogen) atoms. The number of aromatic nitrogens is 1. The second kappa shape index (κ2) is 4.85. The van der Waals surface area contributed by atoms with Crippen molar-refractivity contribution in [2.45, 2.75) is 26.2 Å². The summed E-state index contributed by atoms with van der Waals surface area (Å²) in [4.78, 5) is 38.5. The maximum atomic E-state index is 11.8. The van der Waals surface area contributed by atoms with Gasteiger partial charge in [0, 0.05) is 19.3 Å². The summed E-state index contributed by atoms with van der Waals surface area (Å²) < 4.78 is 0. The molecule has 7 heteroatoms. The predicted molar refractivity (Wildman–Crippen MR) is 64.8 cm³/mol. The van der Waals surface area contributed by atoms with Crippen LogP contribution in [0.3, 0.4) is 0 Å². The van der Waals surface area contributed by atoms with Gasteiger partial charge in [-0.2, -0.15) is 0 Å². The number of aliphatic carboxylic acids is 1. The Morgan fingerprint density at radius 2 is 2.22 bits per heavy atom. The van der Waals surface area contributed by atoms with Crippen molar-refractivity contribution in [3.05, 3.63) is 10.6 Å². The number of carbonyl (C=O) groups excluding carboxylic acids is 2. The topological polar surface area (TPSA) is 96.4 Å². The highest BCUT2D eigenvalue weighted by molar-refractivity contribution is 7.17. The van der Waals surface area contributed by atoms with Crippen LogP contribution in [0.1, 0.15) is 35.1 Å². The van der Waals surface area contributed by atoms with Crippen LogP contribution in [0, 0.1) is 5.92 Å². The molecule has 1 aromatic rings. The molecule has 2 rings (SSSR count). The minimum Gasteiger partial charge on any atom is -0.481 e. The highest BCUT2D eigenvalue weighted by Crippen LogP contribution is 2.32. The number of hydrogen-bond donors (Lipinski definition) is 2. The van der Waals surface area contributed by atoms with Crippen molar-refractivity contribution in [2.75, 3.05) is 5.32 Å². The van der Waals surface area contributed by atoms with Crippen LogP contribution in [0.25, 0.3) is 0 Å². The monoisotopic (exact) mass is 268 g/mol. The van der Waals surface area contributed by atoms with Crippen molar-refractivity contribution in [3.63, 3.8) is 0 Å². The van der Waals surface area contributed by atoms with Crippen LogP contribution in [0.5, 0.6) is 0 Å². The molecule has 1 aromatic heterocycles. The Balaban J connectivity index is 2.23. The first-order valence-corrected chi connectivity index (χ1v) is 6.38. The molecule has 1 heterocycles. The molecule has 1 aliphatic carbocycles. The second-order valence-corrected chi connectivity index (χ2v) is 5.06. The molecule has 0 fully saturated rings. The molecular formula is C11H12N2O4S. The lowest BCUT2D eigenvalue weighted by atomic mass is 9.90. The van der Waals surface area contributed by atoms with E-state index in [1.54, 1.807) is 6.92 Å². The summed E-state index contributed by atoms with van der Waals surface area (Å²) in [6.07, 6.45) is 0.580. The van der Waals surface area contributed by atoms with Gasteiger partial charge >= 0.3 is 5.97 Å². The van der Waals surface area contributed by atoms with Crippen LogP contribution in [0.4, 0.5) is 5.13 Å². The van der Waals surface area contributed by atoms with Gasteiger partial charge in [0.05, 0.1) is 16.5 Å². The van der Waals surface area contributed by atoms with Crippen LogP contribution in [0.15, 0.2) is 0 Å². The molecule has 1 aliphatic rings. The smallest absolute Gasteiger partial charge is 0.307 e. The van der Waals surface area contributed by atoms with Crippen molar-refractivity contribution >= 4 is 34.1 Å². The summed E-state index contributed by atoms with van der Waals surface area (Å²) in [5.74, 6) is -2.08. The van der Waals surface area contributed by atoms with E-state index in [0.717, 1.165) is 11.3 Å². The Hall–Kier alpha value is -1.76. The standard InChI is InChI=1S/C11H12N2O4S/c1-2-8(15)13-11-12-6-3-5(10(16)17)4-7(14)9(6)18-11/h5H,2-4H2,1H3,(H,16,17)(H,12,13,15). The van der Waals surface area contributed by atoms with Crippen LogP contribution >= 0.6 is 11.3 Å². The third-order valence-electron chi connectivity index (χ3n) is 2.74. The summed E-state index contributed by atoms with van der Waals surface area (Å²) >= 11 is 1.12. The Bertz CT molecular complexity index is 523. The summed E-state index contributed by atoms with van der Waals surface area (Å²) in [6, 6.07) is 0. The number of Topliss-reactive ketones (excluding diaryl/α,β-unsaturated/α-hetero) is 1. The molecule has 0 aromatic carbocycles. The van der Waals surface area contributed by atoms with E-state index in [9.17, 15) is 14.4 Å². The SMILES string of the molecule is CCC(=O)Nc1nc2c(s1)C(=O)CC(C(=O)O)C2. The van der Waals surface area contributed by atoms with Crippen molar-refractivity contribution < 1.29 is 19.5 Å². The maximum absolute atomic E-state index is 11.8. The molecule has 6 nitrogen and oxygen atoms in total. The van der Waals surface area contributed by atoms with E-state index in [4.69, 9.17) is 5.11 Å². The number of amides is 1. The number of ketones is 1. The zero-order chi connectivity index (χ0) is 13.3. The highest BCUT2D eigenvalue weighted by atomic mass is 32.1. The van der Waals surface area contributed by atoms with Gasteiger partial charge in [0.25, 0.3) is 0 Å². The fraction of sp³-hybridized carbons (Fsp3) is 0.455. The number of carbonyl (C=O) groups is 3. The van der Waals surface area contributed by atoms with E-state index in [0.29, 0.717) is 22.1 Å². The summed E-state index contributed by atoms with van der Waals surface area (Å²) in [5.41, 5.74) is 0.482. The number of thiazole rings is 1. The molecule has 0 spiro atoms. The summed E-state index contributed by atoms with van der Waals surface area (Å²) in [7, 11) is 0. The van der Waals surface area contributed by atoms with Crippen LogP contribution in [-0.2, 0) is 16.0 Å². The van der Waals surface area contributed by atoms with Crippen molar-refractivity contribution in [1.82, 2.24) is 4.98 Å². The van der Waals surface area contributed by atoms with Crippen LogP contribution < -0.4 is 5.32 Å². The Morgan fingerprint density at radius 3 is 2.83 bits per heavy atom. The molecule has 1 atom stereocenters. The minimum atomic E-state index is -0.985. The molecule has 0 saturated carbocycles. The third kappa shape index (κ3) is 2.40. The fourth-order valence-corrected chi connectivity index (χ4v) is 2.72. The zero-order valence-corrected chi connectivity index (χ0v) is 10.5. The average molecular weight is 268 g/mol. The van der Waals surface area contributed by atoms with Crippen molar-refractivity contribution in [3.8, 4) is 0 Å². The first-order chi connectivity index (χ1) is 8.51. The Morgan fingerprint density at radius 1 is 1.50 bits per heavy atom. The first-order valence-electron chi connectivity index (χ1n) is 5.56. The number of carboxylic acids is 1. The lowest BCUT2D eigenvalue weighted by molar-refractivity contribution is -0.141. The molecule has 0 aliphatic heterocycles. The number of hydrogen-bond acceptors (Lipinski definition) is 5. The number of rotatable bonds is 3. The number of nitrogens with zero attached hydrogens (tertiary/aromatic N) is 1. The van der Waals surface area contributed by atoms with Gasteiger partial charge < -0.3 is 10.4 Å². The molecular weight excluding hydrogens is 256 g/mol. The van der Waals surface area contributed by atoms with Crippen molar-refractivity contribution in [1.29, 1.82) is 0 Å². The summed E-state index contributed by atoms with van der Waals surface area (Å²) in [5, 5.41) is 11.9. The number of anilines is 1. The van der Waals surface area contributed by atoms with Gasteiger partial charge in [-0.3, -0.25) is 14.4 Å². The Labute approximate surface area is 107 Å². The largest absolute Gasteiger partial charge is 0.481 e. The third-order valence-corrected chi connectivity index (χ3v) is 3.79. The van der Waals surface area contributed by atoms with Gasteiger partial charge in [-0.05, 0) is 0 Å². The lowest BCUT2D eigenvalue weighted by Gasteiger charge is -2.15. The zero-order valence-electron chi connectivity index (χ0n) is 9.73.